The number of aliphatic hydroxyl groups is 2. The van der Waals surface area contributed by atoms with Gasteiger partial charge in [0.05, 0.1) is 12.2 Å². The van der Waals surface area contributed by atoms with Crippen LogP contribution in [-0.2, 0) is 0 Å². The van der Waals surface area contributed by atoms with Crippen molar-refractivity contribution in [3.05, 3.63) is 12.2 Å². The third kappa shape index (κ3) is 1.58. The predicted molar refractivity (Wildman–Crippen MR) is 39.6 cm³/mol. The zero-order valence-electron chi connectivity index (χ0n) is 6.41. The first kappa shape index (κ1) is 7.76. The molecule has 58 valence electrons. The lowest BCUT2D eigenvalue weighted by Crippen LogP contribution is -2.33. The Bertz CT molecular complexity index is 149. The minimum atomic E-state index is -0.659. The molecule has 0 radical (unpaired) electrons. The van der Waals surface area contributed by atoms with Crippen LogP contribution in [0.1, 0.15) is 20.3 Å². The Morgan fingerprint density at radius 3 is 2.40 bits per heavy atom. The maximum Gasteiger partial charge on any atom is 0.0980 e. The van der Waals surface area contributed by atoms with Gasteiger partial charge in [-0.2, -0.15) is 0 Å². The van der Waals surface area contributed by atoms with Gasteiger partial charge in [-0.05, 0) is 11.8 Å². The molecule has 0 bridgehead atoms. The number of allylic oxidation sites excluding steroid dienone is 1. The Morgan fingerprint density at radius 1 is 1.40 bits per heavy atom. The summed E-state index contributed by atoms with van der Waals surface area (Å²) >= 11 is 0. The average Bonchev–Trinajstić information content (AvgIpc) is 1.79. The fraction of sp³-hybridized carbons (Fsp3) is 0.750. The van der Waals surface area contributed by atoms with Crippen LogP contribution in [0.2, 0.25) is 0 Å². The summed E-state index contributed by atoms with van der Waals surface area (Å²) < 4.78 is 0. The van der Waals surface area contributed by atoms with Crippen LogP contribution in [0.25, 0.3) is 0 Å². The molecule has 10 heavy (non-hydrogen) atoms. The van der Waals surface area contributed by atoms with E-state index in [9.17, 15) is 5.11 Å². The lowest BCUT2D eigenvalue weighted by atomic mass is 9.80. The van der Waals surface area contributed by atoms with Gasteiger partial charge in [0.25, 0.3) is 0 Å². The highest BCUT2D eigenvalue weighted by Crippen LogP contribution is 2.29. The van der Waals surface area contributed by atoms with E-state index in [-0.39, 0.29) is 5.41 Å². The Kier molecular flexibility index (Phi) is 1.84. The van der Waals surface area contributed by atoms with Gasteiger partial charge >= 0.3 is 0 Å². The highest BCUT2D eigenvalue weighted by molar-refractivity contribution is 5.06. The van der Waals surface area contributed by atoms with Crippen LogP contribution in [0, 0.1) is 5.41 Å². The van der Waals surface area contributed by atoms with E-state index < -0.39 is 12.2 Å². The van der Waals surface area contributed by atoms with Gasteiger partial charge in [0, 0.05) is 0 Å². The van der Waals surface area contributed by atoms with E-state index >= 15 is 0 Å². The summed E-state index contributed by atoms with van der Waals surface area (Å²) in [6.07, 6.45) is 3.01. The molecule has 2 heteroatoms. The van der Waals surface area contributed by atoms with Crippen molar-refractivity contribution in [2.24, 2.45) is 5.41 Å². The fourth-order valence-corrected chi connectivity index (χ4v) is 1.22. The van der Waals surface area contributed by atoms with Crippen molar-refractivity contribution in [3.8, 4) is 0 Å². The van der Waals surface area contributed by atoms with Crippen molar-refractivity contribution in [1.29, 1.82) is 0 Å². The Balaban J connectivity index is 2.69. The van der Waals surface area contributed by atoms with Crippen LogP contribution in [0.4, 0.5) is 0 Å². The summed E-state index contributed by atoms with van der Waals surface area (Å²) in [5.74, 6) is 0. The summed E-state index contributed by atoms with van der Waals surface area (Å²) in [5, 5.41) is 18.3. The van der Waals surface area contributed by atoms with Gasteiger partial charge in [-0.15, -0.1) is 0 Å². The minimum absolute atomic E-state index is 0.0403. The maximum atomic E-state index is 9.21. The topological polar surface area (TPSA) is 40.5 Å². The molecule has 1 rings (SSSR count). The second kappa shape index (κ2) is 2.36. The molecular formula is C8H14O2. The second-order valence-electron chi connectivity index (χ2n) is 3.61. The molecule has 0 aromatic heterocycles. The summed E-state index contributed by atoms with van der Waals surface area (Å²) in [5.41, 5.74) is 0.0403. The van der Waals surface area contributed by atoms with E-state index in [1.165, 1.54) is 0 Å². The van der Waals surface area contributed by atoms with E-state index in [4.69, 9.17) is 5.11 Å². The molecule has 0 amide bonds. The van der Waals surface area contributed by atoms with E-state index in [1.807, 2.05) is 19.9 Å². The maximum absolute atomic E-state index is 9.21. The molecule has 0 spiro atoms. The van der Waals surface area contributed by atoms with Gasteiger partial charge in [0.15, 0.2) is 0 Å². The van der Waals surface area contributed by atoms with Gasteiger partial charge < -0.3 is 10.2 Å². The predicted octanol–water partition coefficient (Wildman–Crippen LogP) is 0.694. The molecule has 2 atom stereocenters. The van der Waals surface area contributed by atoms with E-state index in [0.29, 0.717) is 6.42 Å². The molecule has 0 fully saturated rings. The first-order valence-electron chi connectivity index (χ1n) is 3.57. The lowest BCUT2D eigenvalue weighted by molar-refractivity contribution is 0.0169. The molecule has 1 aliphatic carbocycles. The van der Waals surface area contributed by atoms with E-state index in [1.54, 1.807) is 6.08 Å². The summed E-state index contributed by atoms with van der Waals surface area (Å²) in [4.78, 5) is 0. The molecule has 0 saturated carbocycles. The van der Waals surface area contributed by atoms with Gasteiger partial charge in [0.1, 0.15) is 0 Å². The second-order valence-corrected chi connectivity index (χ2v) is 3.61. The fourth-order valence-electron chi connectivity index (χ4n) is 1.22. The smallest absolute Gasteiger partial charge is 0.0980 e. The summed E-state index contributed by atoms with van der Waals surface area (Å²) in [6, 6.07) is 0. The average molecular weight is 142 g/mol. The molecular weight excluding hydrogens is 128 g/mol. The SMILES string of the molecule is CC1(C)C=CC(O)C(O)C1. The largest absolute Gasteiger partial charge is 0.390 e. The van der Waals surface area contributed by atoms with Crippen molar-refractivity contribution in [1.82, 2.24) is 0 Å². The molecule has 1 aliphatic rings. The first-order chi connectivity index (χ1) is 4.51. The van der Waals surface area contributed by atoms with Gasteiger partial charge in [-0.3, -0.25) is 0 Å². The molecule has 0 aromatic rings. The number of hydrogen-bond acceptors (Lipinski definition) is 2. The van der Waals surface area contributed by atoms with E-state index in [0.717, 1.165) is 0 Å². The molecule has 2 N–H and O–H groups in total. The molecule has 0 aromatic carbocycles. The Morgan fingerprint density at radius 2 is 2.00 bits per heavy atom. The number of hydrogen-bond donors (Lipinski definition) is 2. The third-order valence-corrected chi connectivity index (χ3v) is 1.87. The number of rotatable bonds is 0. The van der Waals surface area contributed by atoms with E-state index in [2.05, 4.69) is 0 Å². The summed E-state index contributed by atoms with van der Waals surface area (Å²) in [7, 11) is 0. The van der Waals surface area contributed by atoms with Crippen molar-refractivity contribution in [2.75, 3.05) is 0 Å². The molecule has 0 aliphatic heterocycles. The highest BCUT2D eigenvalue weighted by atomic mass is 16.3. The van der Waals surface area contributed by atoms with Crippen LogP contribution in [0.15, 0.2) is 12.2 Å². The first-order valence-corrected chi connectivity index (χ1v) is 3.57. The quantitative estimate of drug-likeness (QED) is 0.489. The van der Waals surface area contributed by atoms with Crippen LogP contribution < -0.4 is 0 Å². The lowest BCUT2D eigenvalue weighted by Gasteiger charge is -2.30. The molecule has 0 heterocycles. The third-order valence-electron chi connectivity index (χ3n) is 1.87. The summed E-state index contributed by atoms with van der Waals surface area (Å²) in [6.45, 7) is 4.08. The van der Waals surface area contributed by atoms with Crippen molar-refractivity contribution < 1.29 is 10.2 Å². The number of aliphatic hydroxyl groups excluding tert-OH is 2. The van der Waals surface area contributed by atoms with Gasteiger partial charge in [-0.1, -0.05) is 26.0 Å². The van der Waals surface area contributed by atoms with Crippen LogP contribution in [0.3, 0.4) is 0 Å². The standard InChI is InChI=1S/C8H14O2/c1-8(2)4-3-6(9)7(10)5-8/h3-4,6-7,9-10H,5H2,1-2H3. The Hall–Kier alpha value is -0.340. The molecule has 2 nitrogen and oxygen atoms in total. The van der Waals surface area contributed by atoms with Gasteiger partial charge in [0.2, 0.25) is 0 Å². The minimum Gasteiger partial charge on any atom is -0.390 e. The highest BCUT2D eigenvalue weighted by Gasteiger charge is 2.27. The van der Waals surface area contributed by atoms with Crippen molar-refractivity contribution in [2.45, 2.75) is 32.5 Å². The van der Waals surface area contributed by atoms with Crippen molar-refractivity contribution in [3.63, 3.8) is 0 Å². The molecule has 0 saturated heterocycles. The zero-order chi connectivity index (χ0) is 7.78. The van der Waals surface area contributed by atoms with Crippen LogP contribution in [0.5, 0.6) is 0 Å². The normalized spacial score (nSPS) is 38.0. The molecule has 2 unspecified atom stereocenters. The monoisotopic (exact) mass is 142 g/mol. The zero-order valence-corrected chi connectivity index (χ0v) is 6.41. The van der Waals surface area contributed by atoms with Crippen molar-refractivity contribution >= 4 is 0 Å². The van der Waals surface area contributed by atoms with Gasteiger partial charge in [-0.25, -0.2) is 0 Å². The van der Waals surface area contributed by atoms with Crippen LogP contribution >= 0.6 is 0 Å². The Labute approximate surface area is 61.2 Å². The van der Waals surface area contributed by atoms with Crippen LogP contribution in [-0.4, -0.2) is 22.4 Å².